The average Bonchev–Trinajstić information content (AvgIpc) is 3.07. The van der Waals surface area contributed by atoms with Crippen molar-refractivity contribution in [3.63, 3.8) is 0 Å². The molecule has 5 nitrogen and oxygen atoms in total. The summed E-state index contributed by atoms with van der Waals surface area (Å²) in [4.78, 5) is 16.5. The van der Waals surface area contributed by atoms with E-state index in [9.17, 15) is 4.79 Å². The van der Waals surface area contributed by atoms with Crippen molar-refractivity contribution < 1.29 is 9.53 Å². The van der Waals surface area contributed by atoms with Gasteiger partial charge < -0.3 is 14.6 Å². The maximum atomic E-state index is 12.4. The molecule has 0 spiro atoms. The van der Waals surface area contributed by atoms with Crippen LogP contribution in [0.3, 0.4) is 0 Å². The minimum atomic E-state index is 0.000613. The van der Waals surface area contributed by atoms with Crippen LogP contribution >= 0.6 is 0 Å². The van der Waals surface area contributed by atoms with Crippen LogP contribution in [0, 0.1) is 5.92 Å². The Bertz CT molecular complexity index is 577. The van der Waals surface area contributed by atoms with Crippen molar-refractivity contribution in [2.24, 2.45) is 5.92 Å². The van der Waals surface area contributed by atoms with Gasteiger partial charge in [-0.1, -0.05) is 6.07 Å². The number of ether oxygens (including phenoxy) is 1. The van der Waals surface area contributed by atoms with Crippen molar-refractivity contribution in [3.05, 3.63) is 54.6 Å². The van der Waals surface area contributed by atoms with E-state index in [1.807, 2.05) is 47.4 Å². The van der Waals surface area contributed by atoms with Gasteiger partial charge in [-0.3, -0.25) is 9.78 Å². The van der Waals surface area contributed by atoms with Crippen LogP contribution in [0.1, 0.15) is 24.4 Å². The first-order chi connectivity index (χ1) is 10.8. The third-order valence-corrected chi connectivity index (χ3v) is 4.09. The topological polar surface area (TPSA) is 56.2 Å². The molecule has 0 radical (unpaired) electrons. The summed E-state index contributed by atoms with van der Waals surface area (Å²) in [5, 5.41) is 3.19. The van der Waals surface area contributed by atoms with E-state index < -0.39 is 0 Å². The van der Waals surface area contributed by atoms with Crippen LogP contribution < -0.4 is 5.32 Å². The van der Waals surface area contributed by atoms with Crippen LogP contribution in [0.15, 0.2) is 49.1 Å². The highest BCUT2D eigenvalue weighted by atomic mass is 16.5. The summed E-state index contributed by atoms with van der Waals surface area (Å²) >= 11 is 0. The van der Waals surface area contributed by atoms with E-state index in [0.29, 0.717) is 12.5 Å². The number of rotatable bonds is 5. The summed E-state index contributed by atoms with van der Waals surface area (Å²) in [5.74, 6) is 0.420. The summed E-state index contributed by atoms with van der Waals surface area (Å²) in [6, 6.07) is 7.79. The Kier molecular flexibility index (Phi) is 4.85. The van der Waals surface area contributed by atoms with E-state index >= 15 is 0 Å². The second-order valence-corrected chi connectivity index (χ2v) is 5.64. The number of amides is 1. The normalized spacial score (nSPS) is 17.1. The number of hydrogen-bond donors (Lipinski definition) is 1. The molecule has 1 amide bonds. The van der Waals surface area contributed by atoms with Gasteiger partial charge in [0.15, 0.2) is 0 Å². The van der Waals surface area contributed by atoms with Gasteiger partial charge in [-0.25, -0.2) is 0 Å². The molecule has 3 rings (SSSR count). The number of carbonyl (C=O) groups is 1. The molecule has 0 aliphatic carbocycles. The average molecular weight is 299 g/mol. The Morgan fingerprint density at radius 2 is 2.09 bits per heavy atom. The molecule has 1 aliphatic heterocycles. The van der Waals surface area contributed by atoms with Gasteiger partial charge in [-0.05, 0) is 42.5 Å². The van der Waals surface area contributed by atoms with Crippen LogP contribution in [-0.2, 0) is 16.1 Å². The van der Waals surface area contributed by atoms with Crippen LogP contribution in [0.4, 0.5) is 0 Å². The van der Waals surface area contributed by atoms with E-state index in [2.05, 4.69) is 10.3 Å². The molecule has 0 saturated carbocycles. The summed E-state index contributed by atoms with van der Waals surface area (Å²) < 4.78 is 7.32. The monoisotopic (exact) mass is 299 g/mol. The molecule has 1 aliphatic rings. The number of hydrogen-bond acceptors (Lipinski definition) is 3. The van der Waals surface area contributed by atoms with Gasteiger partial charge in [0.05, 0.1) is 6.04 Å². The van der Waals surface area contributed by atoms with Crippen molar-refractivity contribution in [1.29, 1.82) is 0 Å². The zero-order valence-electron chi connectivity index (χ0n) is 12.5. The van der Waals surface area contributed by atoms with Gasteiger partial charge in [0.25, 0.3) is 0 Å². The van der Waals surface area contributed by atoms with Crippen molar-refractivity contribution >= 4 is 5.91 Å². The molecule has 3 heterocycles. The third kappa shape index (κ3) is 3.74. The van der Waals surface area contributed by atoms with E-state index in [4.69, 9.17) is 4.74 Å². The minimum absolute atomic E-state index is 0.000613. The molecular formula is C17H21N3O2. The molecule has 1 fully saturated rings. The molecule has 1 atom stereocenters. The van der Waals surface area contributed by atoms with E-state index in [0.717, 1.165) is 31.6 Å². The van der Waals surface area contributed by atoms with Gasteiger partial charge >= 0.3 is 0 Å². The van der Waals surface area contributed by atoms with Gasteiger partial charge in [-0.15, -0.1) is 0 Å². The summed E-state index contributed by atoms with van der Waals surface area (Å²) in [7, 11) is 0. The third-order valence-electron chi connectivity index (χ3n) is 4.09. The van der Waals surface area contributed by atoms with Crippen molar-refractivity contribution in [3.8, 4) is 0 Å². The molecule has 116 valence electrons. The first-order valence-corrected chi connectivity index (χ1v) is 7.71. The Morgan fingerprint density at radius 3 is 2.77 bits per heavy atom. The second kappa shape index (κ2) is 7.22. The van der Waals surface area contributed by atoms with Gasteiger partial charge in [0, 0.05) is 38.0 Å². The molecule has 1 saturated heterocycles. The molecule has 1 N–H and O–H groups in total. The lowest BCUT2D eigenvalue weighted by Crippen LogP contribution is -2.37. The highest BCUT2D eigenvalue weighted by molar-refractivity contribution is 5.76. The zero-order valence-corrected chi connectivity index (χ0v) is 12.5. The molecule has 2 aromatic rings. The number of pyridine rings is 1. The molecule has 2 aromatic heterocycles. The first kappa shape index (κ1) is 14.8. The van der Waals surface area contributed by atoms with Crippen LogP contribution in [-0.4, -0.2) is 28.7 Å². The van der Waals surface area contributed by atoms with Crippen LogP contribution in [0.25, 0.3) is 0 Å². The molecule has 0 aromatic carbocycles. The molecular weight excluding hydrogens is 278 g/mol. The number of carbonyl (C=O) groups excluding carboxylic acids is 1. The molecule has 0 bridgehead atoms. The van der Waals surface area contributed by atoms with Crippen molar-refractivity contribution in [2.45, 2.75) is 25.4 Å². The second-order valence-electron chi connectivity index (χ2n) is 5.64. The maximum Gasteiger partial charge on any atom is 0.240 e. The van der Waals surface area contributed by atoms with E-state index in [1.54, 1.807) is 6.20 Å². The Labute approximate surface area is 130 Å². The zero-order chi connectivity index (χ0) is 15.2. The fraction of sp³-hybridized carbons (Fsp3) is 0.412. The Morgan fingerprint density at radius 1 is 1.32 bits per heavy atom. The van der Waals surface area contributed by atoms with Crippen molar-refractivity contribution in [1.82, 2.24) is 14.9 Å². The standard InChI is InChI=1S/C17H21N3O2/c21-16(13-20-8-1-2-9-20)19-17(14-5-10-22-11-6-14)15-4-3-7-18-12-15/h1-4,7-9,12,14,17H,5-6,10-11,13H2,(H,19,21). The maximum absolute atomic E-state index is 12.4. The van der Waals surface area contributed by atoms with Gasteiger partial charge in [-0.2, -0.15) is 0 Å². The highest BCUT2D eigenvalue weighted by Crippen LogP contribution is 2.29. The highest BCUT2D eigenvalue weighted by Gasteiger charge is 2.27. The summed E-state index contributed by atoms with van der Waals surface area (Å²) in [6.45, 7) is 1.86. The Hall–Kier alpha value is -2.14. The predicted molar refractivity (Wildman–Crippen MR) is 83.1 cm³/mol. The van der Waals surface area contributed by atoms with Gasteiger partial charge in [0.1, 0.15) is 6.54 Å². The number of nitrogens with one attached hydrogen (secondary N) is 1. The Balaban J connectivity index is 1.71. The summed E-state index contributed by atoms with van der Waals surface area (Å²) in [6.07, 6.45) is 9.31. The lowest BCUT2D eigenvalue weighted by atomic mass is 9.87. The van der Waals surface area contributed by atoms with Crippen LogP contribution in [0.5, 0.6) is 0 Å². The fourth-order valence-electron chi connectivity index (χ4n) is 2.94. The van der Waals surface area contributed by atoms with Gasteiger partial charge in [0.2, 0.25) is 5.91 Å². The predicted octanol–water partition coefficient (Wildman–Crippen LogP) is 2.17. The largest absolute Gasteiger partial charge is 0.381 e. The minimum Gasteiger partial charge on any atom is -0.381 e. The van der Waals surface area contributed by atoms with Crippen molar-refractivity contribution in [2.75, 3.05) is 13.2 Å². The lowest BCUT2D eigenvalue weighted by Gasteiger charge is -2.31. The number of nitrogens with zero attached hydrogens (tertiary/aromatic N) is 2. The molecule has 5 heteroatoms. The number of aromatic nitrogens is 2. The van der Waals surface area contributed by atoms with Crippen LogP contribution in [0.2, 0.25) is 0 Å². The van der Waals surface area contributed by atoms with E-state index in [1.165, 1.54) is 0 Å². The quantitative estimate of drug-likeness (QED) is 0.920. The summed E-state index contributed by atoms with van der Waals surface area (Å²) in [5.41, 5.74) is 1.07. The molecule has 22 heavy (non-hydrogen) atoms. The molecule has 1 unspecified atom stereocenters. The first-order valence-electron chi connectivity index (χ1n) is 7.71. The van der Waals surface area contributed by atoms with E-state index in [-0.39, 0.29) is 11.9 Å². The smallest absolute Gasteiger partial charge is 0.240 e. The lowest BCUT2D eigenvalue weighted by molar-refractivity contribution is -0.123. The SMILES string of the molecule is O=C(Cn1cccc1)NC(c1cccnc1)C1CCOCC1. The fourth-order valence-corrected chi connectivity index (χ4v) is 2.94.